The van der Waals surface area contributed by atoms with Crippen molar-refractivity contribution in [3.05, 3.63) is 11.3 Å². The molecule has 0 aromatic carbocycles. The molecular formula is C16H21N7O6S4. The highest BCUT2D eigenvalue weighted by Gasteiger charge is 2.65. The summed E-state index contributed by atoms with van der Waals surface area (Å²) < 4.78 is 1.47. The van der Waals surface area contributed by atoms with Gasteiger partial charge in [0.1, 0.15) is 17.1 Å². The summed E-state index contributed by atoms with van der Waals surface area (Å²) in [5.74, 6) is -2.76. The molecule has 13 nitrogen and oxygen atoms in total. The Labute approximate surface area is 205 Å². The van der Waals surface area contributed by atoms with Crippen LogP contribution in [0.1, 0.15) is 0 Å². The third-order valence-corrected chi connectivity index (χ3v) is 9.61. The zero-order chi connectivity index (χ0) is 24.3. The van der Waals surface area contributed by atoms with Gasteiger partial charge in [-0.1, -0.05) is 11.8 Å². The van der Waals surface area contributed by atoms with Crippen LogP contribution in [-0.2, 0) is 26.2 Å². The SMILES string of the molecule is CSC1(NC(=O)CSCC(N)C(=O)O)C(=O)N2C(C(=O)O)=C(CSc3nnnn3C)CSC21. The number of aryl methyl sites for hydroxylation is 1. The third kappa shape index (κ3) is 5.11. The maximum Gasteiger partial charge on any atom is 0.352 e. The number of rotatable bonds is 11. The van der Waals surface area contributed by atoms with Gasteiger partial charge in [-0.15, -0.1) is 40.4 Å². The fraction of sp³-hybridized carbons (Fsp3) is 0.562. The van der Waals surface area contributed by atoms with Gasteiger partial charge in [-0.25, -0.2) is 9.48 Å². The van der Waals surface area contributed by atoms with Gasteiger partial charge in [-0.2, -0.15) is 0 Å². The molecule has 1 fully saturated rings. The van der Waals surface area contributed by atoms with Crippen LogP contribution in [0.3, 0.4) is 0 Å². The molecule has 1 aromatic heterocycles. The molecule has 180 valence electrons. The van der Waals surface area contributed by atoms with Gasteiger partial charge >= 0.3 is 11.9 Å². The summed E-state index contributed by atoms with van der Waals surface area (Å²) in [6.45, 7) is 0. The van der Waals surface area contributed by atoms with Crippen molar-refractivity contribution in [2.45, 2.75) is 21.4 Å². The van der Waals surface area contributed by atoms with Gasteiger partial charge in [-0.05, 0) is 22.3 Å². The van der Waals surface area contributed by atoms with Crippen molar-refractivity contribution in [2.24, 2.45) is 12.8 Å². The number of nitrogens with one attached hydrogen (secondary N) is 1. The highest BCUT2D eigenvalue weighted by molar-refractivity contribution is 8.05. The van der Waals surface area contributed by atoms with Crippen molar-refractivity contribution >= 4 is 70.8 Å². The molecule has 5 N–H and O–H groups in total. The molecule has 2 aliphatic rings. The zero-order valence-electron chi connectivity index (χ0n) is 17.5. The van der Waals surface area contributed by atoms with Gasteiger partial charge in [0.25, 0.3) is 5.91 Å². The monoisotopic (exact) mass is 535 g/mol. The molecule has 1 saturated heterocycles. The van der Waals surface area contributed by atoms with Crippen LogP contribution in [0.5, 0.6) is 0 Å². The van der Waals surface area contributed by atoms with Gasteiger partial charge < -0.3 is 21.3 Å². The summed E-state index contributed by atoms with van der Waals surface area (Å²) in [5, 5.41) is 32.4. The molecule has 0 bridgehead atoms. The first-order valence-electron chi connectivity index (χ1n) is 9.30. The van der Waals surface area contributed by atoms with E-state index in [0.29, 0.717) is 22.2 Å². The molecule has 0 saturated carbocycles. The van der Waals surface area contributed by atoms with Crippen molar-refractivity contribution < 1.29 is 29.4 Å². The number of hydrogen-bond donors (Lipinski definition) is 4. The molecular weight excluding hydrogens is 514 g/mol. The Morgan fingerprint density at radius 3 is 2.70 bits per heavy atom. The van der Waals surface area contributed by atoms with Gasteiger partial charge in [0.2, 0.25) is 11.1 Å². The number of carbonyl (C=O) groups is 4. The van der Waals surface area contributed by atoms with Crippen LogP contribution >= 0.6 is 47.0 Å². The fourth-order valence-electron chi connectivity index (χ4n) is 3.14. The summed E-state index contributed by atoms with van der Waals surface area (Å²) in [4.78, 5) is 48.3. The van der Waals surface area contributed by atoms with Gasteiger partial charge in [0.05, 0.1) is 5.75 Å². The highest BCUT2D eigenvalue weighted by Crippen LogP contribution is 2.51. The number of β-lactam (4-membered cyclic amide) rings is 1. The summed E-state index contributed by atoms with van der Waals surface area (Å²) in [5.41, 5.74) is 5.90. The van der Waals surface area contributed by atoms with E-state index < -0.39 is 40.0 Å². The lowest BCUT2D eigenvalue weighted by Crippen LogP contribution is -2.78. The van der Waals surface area contributed by atoms with Crippen LogP contribution in [0.2, 0.25) is 0 Å². The van der Waals surface area contributed by atoms with E-state index in [9.17, 15) is 24.3 Å². The average molecular weight is 536 g/mol. The van der Waals surface area contributed by atoms with E-state index in [2.05, 4.69) is 20.8 Å². The normalized spacial score (nSPS) is 23.1. The number of aliphatic carboxylic acids is 2. The van der Waals surface area contributed by atoms with Crippen LogP contribution in [0, 0.1) is 0 Å². The number of thioether (sulfide) groups is 4. The zero-order valence-corrected chi connectivity index (χ0v) is 20.7. The van der Waals surface area contributed by atoms with Crippen LogP contribution in [-0.4, -0.2) is 105 Å². The lowest BCUT2D eigenvalue weighted by molar-refractivity contribution is -0.152. The molecule has 0 aliphatic carbocycles. The number of amides is 2. The fourth-order valence-corrected chi connectivity index (χ4v) is 7.53. The minimum Gasteiger partial charge on any atom is -0.480 e. The van der Waals surface area contributed by atoms with E-state index in [-0.39, 0.29) is 17.2 Å². The lowest BCUT2D eigenvalue weighted by Gasteiger charge is -2.56. The Kier molecular flexibility index (Phi) is 8.20. The number of carbonyl (C=O) groups excluding carboxylic acids is 2. The predicted octanol–water partition coefficient (Wildman–Crippen LogP) is -1.12. The molecule has 2 aliphatic heterocycles. The molecule has 3 rings (SSSR count). The minimum absolute atomic E-state index is 0.0429. The quantitative estimate of drug-likeness (QED) is 0.151. The minimum atomic E-state index is -1.30. The Balaban J connectivity index is 1.70. The van der Waals surface area contributed by atoms with Gasteiger partial charge in [-0.3, -0.25) is 19.3 Å². The number of carboxylic acid groups (broad SMARTS) is 2. The van der Waals surface area contributed by atoms with Gasteiger partial charge in [0.15, 0.2) is 4.87 Å². The first-order valence-corrected chi connectivity index (χ1v) is 13.7. The van der Waals surface area contributed by atoms with E-state index in [1.807, 2.05) is 0 Å². The number of tetrazole rings is 1. The number of nitrogens with zero attached hydrogens (tertiary/aromatic N) is 5. The summed E-state index contributed by atoms with van der Waals surface area (Å²) in [7, 11) is 1.67. The van der Waals surface area contributed by atoms with E-state index in [1.54, 1.807) is 13.3 Å². The molecule has 1 aromatic rings. The number of nitrogens with two attached hydrogens (primary N) is 1. The van der Waals surface area contributed by atoms with E-state index in [0.717, 1.165) is 23.5 Å². The van der Waals surface area contributed by atoms with Crippen molar-refractivity contribution in [3.63, 3.8) is 0 Å². The first-order chi connectivity index (χ1) is 15.6. The van der Waals surface area contributed by atoms with Crippen LogP contribution < -0.4 is 11.1 Å². The smallest absolute Gasteiger partial charge is 0.352 e. The molecule has 33 heavy (non-hydrogen) atoms. The second-order valence-electron chi connectivity index (χ2n) is 6.92. The topological polar surface area (TPSA) is 194 Å². The number of aromatic nitrogens is 4. The maximum absolute atomic E-state index is 13.1. The Bertz CT molecular complexity index is 1000. The van der Waals surface area contributed by atoms with Crippen molar-refractivity contribution in [1.29, 1.82) is 0 Å². The molecule has 3 atom stereocenters. The van der Waals surface area contributed by atoms with E-state index in [1.165, 1.54) is 33.1 Å². The molecule has 17 heteroatoms. The molecule has 3 heterocycles. The standard InChI is InChI=1S/C16H21N7O6S4/c1-22-15(19-20-21-22)33-4-7-3-32-14-16(30-2,13(29)23(14)10(7)12(27)28)18-9(24)6-31-5-8(17)11(25)26/h8,14H,3-6,17H2,1-2H3,(H,18,24)(H,25,26)(H,27,28). The van der Waals surface area contributed by atoms with Crippen molar-refractivity contribution in [3.8, 4) is 0 Å². The molecule has 0 radical (unpaired) electrons. The molecule has 0 spiro atoms. The highest BCUT2D eigenvalue weighted by atomic mass is 32.2. The second-order valence-corrected chi connectivity index (χ2v) is 11.0. The second kappa shape index (κ2) is 10.5. The van der Waals surface area contributed by atoms with Gasteiger partial charge in [0, 0.05) is 24.3 Å². The number of carboxylic acids is 2. The Morgan fingerprint density at radius 1 is 1.39 bits per heavy atom. The lowest BCUT2D eigenvalue weighted by atomic mass is 10.0. The Hall–Kier alpha value is -1.95. The van der Waals surface area contributed by atoms with Crippen LogP contribution in [0.15, 0.2) is 16.4 Å². The Morgan fingerprint density at radius 2 is 2.12 bits per heavy atom. The summed E-state index contributed by atoms with van der Waals surface area (Å²) in [6, 6.07) is -1.09. The van der Waals surface area contributed by atoms with E-state index >= 15 is 0 Å². The number of fused-ring (bicyclic) bond motifs is 1. The number of hydrogen-bond acceptors (Lipinski definition) is 12. The van der Waals surface area contributed by atoms with Crippen molar-refractivity contribution in [2.75, 3.05) is 29.3 Å². The van der Waals surface area contributed by atoms with Crippen LogP contribution in [0.25, 0.3) is 0 Å². The summed E-state index contributed by atoms with van der Waals surface area (Å²) in [6.07, 6.45) is 1.67. The summed E-state index contributed by atoms with van der Waals surface area (Å²) >= 11 is 4.80. The van der Waals surface area contributed by atoms with Crippen molar-refractivity contribution in [1.82, 2.24) is 30.4 Å². The third-order valence-electron chi connectivity index (χ3n) is 4.76. The molecule has 3 unspecified atom stereocenters. The van der Waals surface area contributed by atoms with E-state index in [4.69, 9.17) is 10.8 Å². The molecule has 2 amide bonds. The largest absolute Gasteiger partial charge is 0.480 e. The maximum atomic E-state index is 13.1. The first kappa shape index (κ1) is 25.7. The average Bonchev–Trinajstić information content (AvgIpc) is 3.19. The van der Waals surface area contributed by atoms with Crippen LogP contribution in [0.4, 0.5) is 0 Å². The predicted molar refractivity (Wildman–Crippen MR) is 125 cm³/mol.